The Kier molecular flexibility index (Phi) is 4.83. The van der Waals surface area contributed by atoms with Crippen LogP contribution in [0.15, 0.2) is 30.5 Å². The molecule has 1 aromatic carbocycles. The highest BCUT2D eigenvalue weighted by Crippen LogP contribution is 2.35. The smallest absolute Gasteiger partial charge is 0.368 e. The van der Waals surface area contributed by atoms with Crippen molar-refractivity contribution in [2.24, 2.45) is 0 Å². The molecule has 2 aromatic rings. The summed E-state index contributed by atoms with van der Waals surface area (Å²) in [5.41, 5.74) is 4.82. The Morgan fingerprint density at radius 3 is 2.44 bits per heavy atom. The van der Waals surface area contributed by atoms with E-state index in [1.54, 1.807) is 24.4 Å². The molecule has 2 heterocycles. The monoisotopic (exact) mass is 376 g/mol. The van der Waals surface area contributed by atoms with E-state index in [9.17, 15) is 13.2 Å². The lowest BCUT2D eigenvalue weighted by molar-refractivity contribution is -0.137. The van der Waals surface area contributed by atoms with E-state index < -0.39 is 11.7 Å². The summed E-state index contributed by atoms with van der Waals surface area (Å²) >= 11 is 0. The second-order valence-corrected chi connectivity index (χ2v) is 6.62. The van der Waals surface area contributed by atoms with Gasteiger partial charge >= 0.3 is 6.18 Å². The lowest BCUT2D eigenvalue weighted by atomic mass is 10.0. The molecule has 0 bridgehead atoms. The van der Waals surface area contributed by atoms with E-state index in [1.807, 2.05) is 18.7 Å². The average molecular weight is 376 g/mol. The van der Waals surface area contributed by atoms with E-state index in [0.29, 0.717) is 24.6 Å². The first kappa shape index (κ1) is 18.8. The summed E-state index contributed by atoms with van der Waals surface area (Å²) in [5.74, 6) is 0.869. The van der Waals surface area contributed by atoms with Crippen molar-refractivity contribution in [3.05, 3.63) is 41.6 Å². The summed E-state index contributed by atoms with van der Waals surface area (Å²) in [4.78, 5) is 12.1. The Morgan fingerprint density at radius 1 is 1.15 bits per heavy atom. The fraction of sp³-hybridized carbons (Fsp3) is 0.389. The number of hydrogen-bond acceptors (Lipinski definition) is 6. The maximum Gasteiger partial charge on any atom is 0.417 e. The second-order valence-electron chi connectivity index (χ2n) is 6.62. The number of rotatable bonds is 2. The zero-order valence-corrected chi connectivity index (χ0v) is 14.9. The maximum absolute atomic E-state index is 13.3. The van der Waals surface area contributed by atoms with Gasteiger partial charge in [0.2, 0.25) is 5.95 Å². The Labute approximate surface area is 155 Å². The summed E-state index contributed by atoms with van der Waals surface area (Å²) < 4.78 is 39.8. The third-order valence-corrected chi connectivity index (χ3v) is 4.70. The molecule has 27 heavy (non-hydrogen) atoms. The number of nitriles is 1. The first-order chi connectivity index (χ1) is 12.7. The molecule has 2 N–H and O–H groups in total. The molecule has 142 valence electrons. The molecule has 1 aliphatic heterocycles. The minimum atomic E-state index is -4.57. The van der Waals surface area contributed by atoms with Crippen LogP contribution >= 0.6 is 0 Å². The molecular formula is C18H19F3N6. The van der Waals surface area contributed by atoms with Crippen LogP contribution in [0.3, 0.4) is 0 Å². The summed E-state index contributed by atoms with van der Waals surface area (Å²) in [5, 5.41) is 8.97. The van der Waals surface area contributed by atoms with E-state index in [0.717, 1.165) is 6.07 Å². The van der Waals surface area contributed by atoms with Crippen molar-refractivity contribution in [3.8, 4) is 6.07 Å². The number of alkyl halides is 3. The Bertz CT molecular complexity index is 876. The zero-order chi connectivity index (χ0) is 19.8. The molecule has 0 saturated carbocycles. The van der Waals surface area contributed by atoms with Gasteiger partial charge in [-0.05, 0) is 38.1 Å². The number of piperazine rings is 1. The van der Waals surface area contributed by atoms with Gasteiger partial charge in [-0.15, -0.1) is 0 Å². The molecule has 0 aliphatic carbocycles. The number of nitrogen functional groups attached to an aromatic ring is 1. The molecule has 0 radical (unpaired) electrons. The Hall–Kier alpha value is -3.02. The second kappa shape index (κ2) is 6.95. The van der Waals surface area contributed by atoms with Gasteiger partial charge in [-0.25, -0.2) is 4.98 Å². The molecule has 0 amide bonds. The molecule has 0 unspecified atom stereocenters. The van der Waals surface area contributed by atoms with Crippen LogP contribution in [0, 0.1) is 11.3 Å². The normalized spacial score (nSPS) is 20.4. The number of halogens is 3. The molecule has 1 aromatic heterocycles. The van der Waals surface area contributed by atoms with Crippen LogP contribution in [0.1, 0.15) is 25.0 Å². The molecular weight excluding hydrogens is 357 g/mol. The molecule has 9 heteroatoms. The molecule has 1 fully saturated rings. The number of anilines is 3. The van der Waals surface area contributed by atoms with Gasteiger partial charge in [-0.3, -0.25) is 0 Å². The summed E-state index contributed by atoms with van der Waals surface area (Å²) in [6, 6.07) is 7.16. The highest BCUT2D eigenvalue weighted by Gasteiger charge is 2.36. The number of aromatic nitrogens is 2. The zero-order valence-electron chi connectivity index (χ0n) is 14.9. The number of nitrogens with zero attached hydrogens (tertiary/aromatic N) is 5. The minimum absolute atomic E-state index is 0.000445. The summed E-state index contributed by atoms with van der Waals surface area (Å²) in [7, 11) is 0. The molecule has 0 spiro atoms. The summed E-state index contributed by atoms with van der Waals surface area (Å²) in [6.07, 6.45) is -2.99. The number of hydrogen-bond donors (Lipinski definition) is 1. The van der Waals surface area contributed by atoms with Gasteiger partial charge in [-0.1, -0.05) is 0 Å². The quantitative estimate of drug-likeness (QED) is 0.868. The molecule has 1 aliphatic rings. The van der Waals surface area contributed by atoms with Crippen molar-refractivity contribution in [2.45, 2.75) is 32.1 Å². The first-order valence-electron chi connectivity index (χ1n) is 8.44. The number of nitrogens with two attached hydrogens (primary N) is 1. The largest absolute Gasteiger partial charge is 0.417 e. The van der Waals surface area contributed by atoms with Gasteiger partial charge in [0.1, 0.15) is 5.82 Å². The minimum Gasteiger partial charge on any atom is -0.368 e. The highest BCUT2D eigenvalue weighted by molar-refractivity contribution is 5.57. The third kappa shape index (κ3) is 3.74. The Morgan fingerprint density at radius 2 is 1.81 bits per heavy atom. The van der Waals surface area contributed by atoms with Crippen molar-refractivity contribution >= 4 is 17.5 Å². The van der Waals surface area contributed by atoms with Gasteiger partial charge in [0.25, 0.3) is 0 Å². The molecule has 1 saturated heterocycles. The van der Waals surface area contributed by atoms with Crippen molar-refractivity contribution < 1.29 is 13.2 Å². The van der Waals surface area contributed by atoms with E-state index in [1.165, 1.54) is 6.07 Å². The van der Waals surface area contributed by atoms with Crippen molar-refractivity contribution in [2.75, 3.05) is 28.6 Å². The van der Waals surface area contributed by atoms with E-state index in [-0.39, 0.29) is 23.6 Å². The number of benzene rings is 1. The van der Waals surface area contributed by atoms with Crippen molar-refractivity contribution in [1.82, 2.24) is 9.97 Å². The van der Waals surface area contributed by atoms with Gasteiger partial charge in [0.15, 0.2) is 0 Å². The Balaban J connectivity index is 1.89. The van der Waals surface area contributed by atoms with Crippen LogP contribution in [-0.2, 0) is 6.18 Å². The third-order valence-electron chi connectivity index (χ3n) is 4.70. The highest BCUT2D eigenvalue weighted by atomic mass is 19.4. The standard InChI is InChI=1S/C18H19F3N6/c1-11-10-27(16-5-6-24-17(23)25-16)12(2)9-26(11)14-4-3-13(8-22)15(7-14)18(19,20)21/h3-7,11-12H,9-10H2,1-2H3,(H2,23,24,25)/t11-,12+/m0/s1. The fourth-order valence-corrected chi connectivity index (χ4v) is 3.37. The topological polar surface area (TPSA) is 82.1 Å². The molecule has 3 rings (SSSR count). The van der Waals surface area contributed by atoms with Gasteiger partial charge in [0.05, 0.1) is 17.2 Å². The molecule has 6 nitrogen and oxygen atoms in total. The van der Waals surface area contributed by atoms with Crippen LogP contribution in [0.2, 0.25) is 0 Å². The van der Waals surface area contributed by atoms with Crippen LogP contribution < -0.4 is 15.5 Å². The average Bonchev–Trinajstić information content (AvgIpc) is 2.62. The predicted molar refractivity (Wildman–Crippen MR) is 96.2 cm³/mol. The lowest BCUT2D eigenvalue weighted by Crippen LogP contribution is -2.57. The predicted octanol–water partition coefficient (Wildman–Crippen LogP) is 3.05. The first-order valence-corrected chi connectivity index (χ1v) is 8.44. The van der Waals surface area contributed by atoms with Gasteiger partial charge in [-0.2, -0.15) is 23.4 Å². The fourth-order valence-electron chi connectivity index (χ4n) is 3.37. The molecule has 2 atom stereocenters. The van der Waals surface area contributed by atoms with E-state index >= 15 is 0 Å². The van der Waals surface area contributed by atoms with Gasteiger partial charge < -0.3 is 15.5 Å². The lowest BCUT2D eigenvalue weighted by Gasteiger charge is -2.46. The summed E-state index contributed by atoms with van der Waals surface area (Å²) in [6.45, 7) is 4.99. The van der Waals surface area contributed by atoms with Crippen LogP contribution in [-0.4, -0.2) is 35.1 Å². The van der Waals surface area contributed by atoms with Crippen LogP contribution in [0.25, 0.3) is 0 Å². The van der Waals surface area contributed by atoms with Gasteiger partial charge in [0, 0.05) is 37.1 Å². The van der Waals surface area contributed by atoms with E-state index in [4.69, 9.17) is 11.0 Å². The van der Waals surface area contributed by atoms with Crippen LogP contribution in [0.4, 0.5) is 30.6 Å². The van der Waals surface area contributed by atoms with Crippen LogP contribution in [0.5, 0.6) is 0 Å². The maximum atomic E-state index is 13.3. The van der Waals surface area contributed by atoms with Crippen molar-refractivity contribution in [3.63, 3.8) is 0 Å². The van der Waals surface area contributed by atoms with E-state index in [2.05, 4.69) is 14.9 Å². The van der Waals surface area contributed by atoms with Crippen molar-refractivity contribution in [1.29, 1.82) is 5.26 Å². The SMILES string of the molecule is C[C@@H]1CN(c2ccc(C#N)c(C(F)(F)F)c2)[C@@H](C)CN1c1ccnc(N)n1.